The maximum atomic E-state index is 12.7. The summed E-state index contributed by atoms with van der Waals surface area (Å²) in [5, 5.41) is 5.41. The maximum absolute atomic E-state index is 12.7. The molecule has 25 heavy (non-hydrogen) atoms. The fourth-order valence-electron chi connectivity index (χ4n) is 3.05. The van der Waals surface area contributed by atoms with Gasteiger partial charge in [0.25, 0.3) is 11.8 Å². The lowest BCUT2D eigenvalue weighted by Crippen LogP contribution is -2.32. The summed E-state index contributed by atoms with van der Waals surface area (Å²) >= 11 is 0. The van der Waals surface area contributed by atoms with Crippen LogP contribution in [-0.4, -0.2) is 28.5 Å². The second-order valence-corrected chi connectivity index (χ2v) is 6.35. The van der Waals surface area contributed by atoms with Crippen molar-refractivity contribution >= 4 is 29.2 Å². The summed E-state index contributed by atoms with van der Waals surface area (Å²) in [7, 11) is 0. The first-order chi connectivity index (χ1) is 12.1. The lowest BCUT2D eigenvalue weighted by Gasteiger charge is -2.18. The first kappa shape index (κ1) is 15.4. The average molecular weight is 338 g/mol. The van der Waals surface area contributed by atoms with Crippen LogP contribution in [0.3, 0.4) is 0 Å². The molecule has 7 nitrogen and oxygen atoms in total. The van der Waals surface area contributed by atoms with Gasteiger partial charge in [-0.15, -0.1) is 0 Å². The zero-order valence-corrected chi connectivity index (χ0v) is 13.7. The van der Waals surface area contributed by atoms with Gasteiger partial charge in [0.2, 0.25) is 0 Å². The number of anilines is 2. The summed E-state index contributed by atoms with van der Waals surface area (Å²) in [5.74, 6) is -0.600. The molecule has 2 fully saturated rings. The third-order valence-electron chi connectivity index (χ3n) is 4.48. The van der Waals surface area contributed by atoms with Gasteiger partial charge in [0.05, 0.1) is 11.4 Å². The predicted molar refractivity (Wildman–Crippen MR) is 92.6 cm³/mol. The normalized spacial score (nSPS) is 19.9. The van der Waals surface area contributed by atoms with Crippen LogP contribution in [0, 0.1) is 0 Å². The van der Waals surface area contributed by atoms with Crippen molar-refractivity contribution in [3.63, 3.8) is 0 Å². The van der Waals surface area contributed by atoms with E-state index in [4.69, 9.17) is 0 Å². The van der Waals surface area contributed by atoms with E-state index in [0.29, 0.717) is 23.1 Å². The molecule has 2 aromatic rings. The lowest BCUT2D eigenvalue weighted by molar-refractivity contribution is -0.117. The summed E-state index contributed by atoms with van der Waals surface area (Å²) in [5.41, 5.74) is 1.36. The van der Waals surface area contributed by atoms with Gasteiger partial charge < -0.3 is 15.2 Å². The minimum Gasteiger partial charge on any atom is -0.340 e. The molecule has 1 aromatic carbocycles. The molecule has 4 rings (SSSR count). The highest BCUT2D eigenvalue weighted by atomic mass is 16.2. The van der Waals surface area contributed by atoms with Gasteiger partial charge in [0.15, 0.2) is 0 Å². The van der Waals surface area contributed by atoms with E-state index in [-0.39, 0.29) is 11.8 Å². The number of aromatic nitrogens is 1. The van der Waals surface area contributed by atoms with Crippen LogP contribution in [0.4, 0.5) is 16.2 Å². The molecule has 0 radical (unpaired) electrons. The summed E-state index contributed by atoms with van der Waals surface area (Å²) in [4.78, 5) is 38.1. The molecule has 1 atom stereocenters. The van der Waals surface area contributed by atoms with Crippen molar-refractivity contribution in [3.05, 3.63) is 48.3 Å². The van der Waals surface area contributed by atoms with E-state index >= 15 is 0 Å². The Morgan fingerprint density at radius 2 is 1.92 bits per heavy atom. The smallest absolute Gasteiger partial charge is 0.329 e. The molecular formula is C18H18N4O3. The highest BCUT2D eigenvalue weighted by molar-refractivity contribution is 6.23. The van der Waals surface area contributed by atoms with Gasteiger partial charge in [-0.2, -0.15) is 0 Å². The van der Waals surface area contributed by atoms with E-state index in [1.807, 2.05) is 16.8 Å². The molecule has 2 aliphatic rings. The zero-order valence-electron chi connectivity index (χ0n) is 13.7. The monoisotopic (exact) mass is 338 g/mol. The van der Waals surface area contributed by atoms with Crippen LogP contribution in [0.2, 0.25) is 0 Å². The number of nitrogens with one attached hydrogen (secondary N) is 2. The van der Waals surface area contributed by atoms with E-state index in [9.17, 15) is 14.4 Å². The Morgan fingerprint density at radius 1 is 1.16 bits per heavy atom. The van der Waals surface area contributed by atoms with E-state index in [0.717, 1.165) is 17.7 Å². The van der Waals surface area contributed by atoms with Gasteiger partial charge >= 0.3 is 6.03 Å². The number of carbonyl (C=O) groups excluding carboxylic acids is 3. The second-order valence-electron chi connectivity index (χ2n) is 6.35. The molecule has 2 heterocycles. The topological polar surface area (TPSA) is 83.4 Å². The molecule has 2 N–H and O–H groups in total. The first-order valence-electron chi connectivity index (χ1n) is 8.28. The van der Waals surface area contributed by atoms with Gasteiger partial charge in [-0.3, -0.25) is 9.59 Å². The van der Waals surface area contributed by atoms with Crippen molar-refractivity contribution in [2.45, 2.75) is 31.8 Å². The lowest BCUT2D eigenvalue weighted by atomic mass is 10.2. The molecule has 128 valence electrons. The van der Waals surface area contributed by atoms with E-state index in [1.54, 1.807) is 37.3 Å². The van der Waals surface area contributed by atoms with Crippen molar-refractivity contribution in [2.24, 2.45) is 0 Å². The van der Waals surface area contributed by atoms with Gasteiger partial charge in [0, 0.05) is 12.2 Å². The SMILES string of the molecule is C[C@@H]1NC(=O)N(c2ccccc2NC(=O)c2cccn2C2CC2)C1=O. The summed E-state index contributed by atoms with van der Waals surface area (Å²) in [6, 6.07) is 9.74. The standard InChI is InChI=1S/C18H18N4O3/c1-11-17(24)22(18(25)19-11)14-6-3-2-5-13(14)20-16(23)15-7-4-10-21(15)12-8-9-12/h2-7,10-12H,8-9H2,1H3,(H,19,25)(H,20,23)/t11-/m0/s1. The number of amides is 4. The Hall–Kier alpha value is -3.09. The highest BCUT2D eigenvalue weighted by Gasteiger charge is 2.37. The zero-order chi connectivity index (χ0) is 17.6. The Morgan fingerprint density at radius 3 is 2.60 bits per heavy atom. The number of hydrogen-bond donors (Lipinski definition) is 2. The summed E-state index contributed by atoms with van der Waals surface area (Å²) in [6.45, 7) is 1.63. The number of nitrogens with zero attached hydrogens (tertiary/aromatic N) is 2. The quantitative estimate of drug-likeness (QED) is 0.840. The molecule has 1 saturated heterocycles. The van der Waals surface area contributed by atoms with E-state index in [2.05, 4.69) is 10.6 Å². The molecule has 0 bridgehead atoms. The van der Waals surface area contributed by atoms with Crippen LogP contribution in [-0.2, 0) is 4.79 Å². The molecule has 0 unspecified atom stereocenters. The molecule has 4 amide bonds. The van der Waals surface area contributed by atoms with Crippen molar-refractivity contribution in [1.29, 1.82) is 0 Å². The molecule has 1 aliphatic carbocycles. The van der Waals surface area contributed by atoms with Crippen molar-refractivity contribution < 1.29 is 14.4 Å². The van der Waals surface area contributed by atoms with Crippen LogP contribution < -0.4 is 15.5 Å². The number of para-hydroxylation sites is 2. The van der Waals surface area contributed by atoms with Crippen molar-refractivity contribution in [3.8, 4) is 0 Å². The van der Waals surface area contributed by atoms with Gasteiger partial charge in [-0.1, -0.05) is 12.1 Å². The highest BCUT2D eigenvalue weighted by Crippen LogP contribution is 2.36. The Bertz CT molecular complexity index is 869. The van der Waals surface area contributed by atoms with Crippen LogP contribution in [0.5, 0.6) is 0 Å². The number of hydrogen-bond acceptors (Lipinski definition) is 3. The minimum atomic E-state index is -0.580. The molecule has 1 aromatic heterocycles. The maximum Gasteiger partial charge on any atom is 0.329 e. The van der Waals surface area contributed by atoms with Gasteiger partial charge in [-0.05, 0) is 44.0 Å². The Labute approximate surface area is 144 Å². The third-order valence-corrected chi connectivity index (χ3v) is 4.48. The minimum absolute atomic E-state index is 0.260. The van der Waals surface area contributed by atoms with E-state index < -0.39 is 12.1 Å². The first-order valence-corrected chi connectivity index (χ1v) is 8.28. The molecule has 0 spiro atoms. The molecule has 1 aliphatic heterocycles. The Kier molecular flexibility index (Phi) is 3.56. The molecule has 7 heteroatoms. The fourth-order valence-corrected chi connectivity index (χ4v) is 3.05. The van der Waals surface area contributed by atoms with Crippen molar-refractivity contribution in [1.82, 2.24) is 9.88 Å². The van der Waals surface area contributed by atoms with Gasteiger partial charge in [0.1, 0.15) is 11.7 Å². The number of rotatable bonds is 4. The molecule has 1 saturated carbocycles. The molecular weight excluding hydrogens is 320 g/mol. The number of imide groups is 1. The number of urea groups is 1. The van der Waals surface area contributed by atoms with Crippen LogP contribution in [0.25, 0.3) is 0 Å². The number of carbonyl (C=O) groups is 3. The summed E-state index contributed by atoms with van der Waals surface area (Å²) in [6.07, 6.45) is 4.05. The van der Waals surface area contributed by atoms with Gasteiger partial charge in [-0.25, -0.2) is 9.69 Å². The average Bonchev–Trinajstić information content (AvgIpc) is 3.26. The van der Waals surface area contributed by atoms with Crippen LogP contribution in [0.15, 0.2) is 42.6 Å². The van der Waals surface area contributed by atoms with Crippen LogP contribution in [0.1, 0.15) is 36.3 Å². The largest absolute Gasteiger partial charge is 0.340 e. The third kappa shape index (κ3) is 2.67. The van der Waals surface area contributed by atoms with E-state index in [1.165, 1.54) is 0 Å². The number of benzene rings is 1. The van der Waals surface area contributed by atoms with Crippen molar-refractivity contribution in [2.75, 3.05) is 10.2 Å². The fraction of sp³-hybridized carbons (Fsp3) is 0.278. The Balaban J connectivity index is 1.63. The predicted octanol–water partition coefficient (Wildman–Crippen LogP) is 2.52. The second kappa shape index (κ2) is 5.77. The summed E-state index contributed by atoms with van der Waals surface area (Å²) < 4.78 is 1.97. The van der Waals surface area contributed by atoms with Crippen LogP contribution >= 0.6 is 0 Å².